The van der Waals surface area contributed by atoms with Gasteiger partial charge in [-0.1, -0.05) is 11.6 Å². The Bertz CT molecular complexity index is 2310. The smallest absolute Gasteiger partial charge is 0.262 e. The summed E-state index contributed by atoms with van der Waals surface area (Å²) in [5, 5.41) is 11.8. The maximum atomic E-state index is 13.8. The van der Waals surface area contributed by atoms with Crippen LogP contribution in [0.3, 0.4) is 0 Å². The van der Waals surface area contributed by atoms with Gasteiger partial charge in [0.1, 0.15) is 24.0 Å². The van der Waals surface area contributed by atoms with Crippen LogP contribution in [-0.4, -0.2) is 114 Å². The van der Waals surface area contributed by atoms with Crippen LogP contribution >= 0.6 is 11.6 Å². The lowest BCUT2D eigenvalue weighted by molar-refractivity contribution is -0.136. The Morgan fingerprint density at radius 3 is 2.16 bits per heavy atom. The number of fused-ring (bicyclic) bond motifs is 3. The molecule has 0 radical (unpaired) electrons. The minimum atomic E-state index is -0.962. The number of nitrogens with zero attached hydrogens (tertiary/aromatic N) is 6. The summed E-state index contributed by atoms with van der Waals surface area (Å²) in [6, 6.07) is 20.2. The minimum absolute atomic E-state index is 0.00849. The van der Waals surface area contributed by atoms with E-state index in [0.29, 0.717) is 38.8 Å². The Kier molecular flexibility index (Phi) is 10.3. The highest BCUT2D eigenvalue weighted by atomic mass is 35.5. The number of piperidine rings is 4. The van der Waals surface area contributed by atoms with Crippen LogP contribution in [0.5, 0.6) is 5.75 Å². The summed E-state index contributed by atoms with van der Waals surface area (Å²) in [4.78, 5) is 74.9. The van der Waals surface area contributed by atoms with Gasteiger partial charge >= 0.3 is 0 Å². The molecule has 1 N–H and O–H groups in total. The lowest BCUT2D eigenvalue weighted by Gasteiger charge is -2.55. The normalized spacial score (nSPS) is 26.3. The molecule has 7 aliphatic rings. The molecule has 3 unspecified atom stereocenters. The molecule has 0 saturated carbocycles. The van der Waals surface area contributed by atoms with Gasteiger partial charge < -0.3 is 24.3 Å². The summed E-state index contributed by atoms with van der Waals surface area (Å²) in [6.45, 7) is 7.18. The molecule has 13 nitrogen and oxygen atoms in total. The lowest BCUT2D eigenvalue weighted by Crippen LogP contribution is -2.60. The summed E-state index contributed by atoms with van der Waals surface area (Å²) in [6.07, 6.45) is 8.29. The molecule has 7 aliphatic heterocycles. The highest BCUT2D eigenvalue weighted by Gasteiger charge is 2.47. The fourth-order valence-corrected chi connectivity index (χ4v) is 11.5. The summed E-state index contributed by atoms with van der Waals surface area (Å²) >= 11 is 6.23. The summed E-state index contributed by atoms with van der Waals surface area (Å²) in [5.74, 6) is -0.551. The maximum Gasteiger partial charge on any atom is 0.262 e. The van der Waals surface area contributed by atoms with E-state index in [1.54, 1.807) is 30.3 Å². The maximum absolute atomic E-state index is 13.8. The van der Waals surface area contributed by atoms with Crippen LogP contribution in [0.15, 0.2) is 60.7 Å². The fourth-order valence-electron chi connectivity index (χ4n) is 11.2. The number of hydrogen-bond acceptors (Lipinski definition) is 10. The number of anilines is 2. The average molecular weight is 844 g/mol. The molecular weight excluding hydrogens is 794 g/mol. The van der Waals surface area contributed by atoms with Gasteiger partial charge in [0.25, 0.3) is 17.7 Å². The predicted molar refractivity (Wildman–Crippen MR) is 228 cm³/mol. The molecule has 1 spiro atoms. The van der Waals surface area contributed by atoms with Crippen LogP contribution in [0, 0.1) is 22.7 Å². The number of hydrogen-bond donors (Lipinski definition) is 1. The van der Waals surface area contributed by atoms with Crippen molar-refractivity contribution in [1.82, 2.24) is 20.0 Å². The number of nitriles is 1. The molecule has 0 aromatic heterocycles. The van der Waals surface area contributed by atoms with Gasteiger partial charge in [0.2, 0.25) is 11.8 Å². The quantitative estimate of drug-likeness (QED) is 0.283. The topological polar surface area (TPSA) is 147 Å². The van der Waals surface area contributed by atoms with Crippen LogP contribution < -0.4 is 19.9 Å². The number of ether oxygens (including phenoxy) is 1. The zero-order valence-corrected chi connectivity index (χ0v) is 34.9. The zero-order chi connectivity index (χ0) is 42.0. The van der Waals surface area contributed by atoms with E-state index in [4.69, 9.17) is 16.3 Å². The van der Waals surface area contributed by atoms with E-state index in [1.165, 1.54) is 18.5 Å². The van der Waals surface area contributed by atoms with Gasteiger partial charge in [0.05, 0.1) is 21.7 Å². The Morgan fingerprint density at radius 1 is 0.803 bits per heavy atom. The SMILES string of the molecule is N#Cc1ccc(OC2CC3CCC(C2)N3C(=O)c2ccc(N3CC4(CCN(CC5CCN(c6ccc7c(c6)C(=O)N(C6CCC(=O)NC6=O)C7=O)CC5)CC4)C3)cc2)cc1Cl. The van der Waals surface area contributed by atoms with Crippen molar-refractivity contribution in [3.05, 3.63) is 87.9 Å². The third-order valence-corrected chi connectivity index (χ3v) is 15.0. The Morgan fingerprint density at radius 2 is 1.49 bits per heavy atom. The monoisotopic (exact) mass is 843 g/mol. The largest absolute Gasteiger partial charge is 0.490 e. The van der Waals surface area contributed by atoms with Gasteiger partial charge in [-0.3, -0.25) is 34.2 Å². The van der Waals surface area contributed by atoms with E-state index in [0.717, 1.165) is 100 Å². The zero-order valence-electron chi connectivity index (χ0n) is 34.2. The second-order valence-electron chi connectivity index (χ2n) is 18.4. The Balaban J connectivity index is 0.665. The van der Waals surface area contributed by atoms with E-state index in [1.807, 2.05) is 18.2 Å². The van der Waals surface area contributed by atoms with Gasteiger partial charge in [0.15, 0.2) is 0 Å². The van der Waals surface area contributed by atoms with Crippen molar-refractivity contribution in [2.45, 2.75) is 88.4 Å². The highest BCUT2D eigenvalue weighted by Crippen LogP contribution is 2.44. The number of carbonyl (C=O) groups excluding carboxylic acids is 5. The van der Waals surface area contributed by atoms with Crippen molar-refractivity contribution in [3.8, 4) is 11.8 Å². The number of benzene rings is 3. The minimum Gasteiger partial charge on any atom is -0.490 e. The number of rotatable bonds is 8. The average Bonchev–Trinajstić information content (AvgIpc) is 3.67. The van der Waals surface area contributed by atoms with Crippen LogP contribution in [0.4, 0.5) is 11.4 Å². The van der Waals surface area contributed by atoms with Gasteiger partial charge in [-0.05, 0) is 119 Å². The van der Waals surface area contributed by atoms with Crippen molar-refractivity contribution in [2.75, 3.05) is 55.6 Å². The van der Waals surface area contributed by atoms with E-state index in [-0.39, 0.29) is 42.8 Å². The van der Waals surface area contributed by atoms with Gasteiger partial charge in [0, 0.05) is 92.5 Å². The van der Waals surface area contributed by atoms with Gasteiger partial charge in [-0.15, -0.1) is 0 Å². The first-order chi connectivity index (χ1) is 29.5. The number of halogens is 1. The molecule has 5 amide bonds. The first kappa shape index (κ1) is 39.7. The van der Waals surface area contributed by atoms with Gasteiger partial charge in [-0.2, -0.15) is 5.26 Å². The molecule has 3 atom stereocenters. The van der Waals surface area contributed by atoms with E-state index in [2.05, 4.69) is 43.1 Å². The molecule has 7 heterocycles. The predicted octanol–water partition coefficient (Wildman–Crippen LogP) is 5.65. The molecule has 3 aromatic carbocycles. The van der Waals surface area contributed by atoms with Crippen LogP contribution in [0.2, 0.25) is 5.02 Å². The third-order valence-electron chi connectivity index (χ3n) is 14.7. The van der Waals surface area contributed by atoms with E-state index >= 15 is 0 Å². The molecule has 0 aliphatic carbocycles. The van der Waals surface area contributed by atoms with Crippen LogP contribution in [-0.2, 0) is 9.59 Å². The molecule has 61 heavy (non-hydrogen) atoms. The first-order valence-electron chi connectivity index (χ1n) is 21.9. The number of carbonyl (C=O) groups is 5. The van der Waals surface area contributed by atoms with Crippen molar-refractivity contribution < 1.29 is 28.7 Å². The fraction of sp³-hybridized carbons (Fsp3) is 0.489. The number of likely N-dealkylation sites (tertiary alicyclic amines) is 1. The third kappa shape index (κ3) is 7.41. The molecule has 2 bridgehead atoms. The Labute approximate surface area is 360 Å². The first-order valence-corrected chi connectivity index (χ1v) is 22.3. The molecule has 6 fully saturated rings. The van der Waals surface area contributed by atoms with E-state index < -0.39 is 23.8 Å². The van der Waals surface area contributed by atoms with Crippen LogP contribution in [0.1, 0.15) is 101 Å². The van der Waals surface area contributed by atoms with Crippen LogP contribution in [0.25, 0.3) is 0 Å². The second kappa shape index (κ2) is 15.8. The van der Waals surface area contributed by atoms with Crippen molar-refractivity contribution in [2.24, 2.45) is 11.3 Å². The number of imide groups is 2. The standard InChI is InChI=1S/C47H50ClN7O6/c48-40-24-36(9-3-31(40)25-49)61-37-21-34-6-7-35(22-37)54(34)44(58)30-1-4-32(5-2-30)53-27-47(28-53)15-19-51(20-16-47)26-29-13-17-52(18-14-29)33-8-10-38-39(23-33)46(60)55(45(38)59)41-11-12-42(56)50-43(41)57/h1-5,8-10,23-24,29,34-35,37,41H,6-7,11-22,26-28H2,(H,50,56,57). The van der Waals surface area contributed by atoms with Crippen molar-refractivity contribution in [3.63, 3.8) is 0 Å². The van der Waals surface area contributed by atoms with Crippen molar-refractivity contribution >= 4 is 52.5 Å². The molecular formula is C47H50ClN7O6. The highest BCUT2D eigenvalue weighted by molar-refractivity contribution is 6.31. The lowest BCUT2D eigenvalue weighted by atomic mass is 9.71. The number of amides is 5. The Hall–Kier alpha value is -5.45. The number of nitrogens with one attached hydrogen (secondary N) is 1. The molecule has 3 aromatic rings. The van der Waals surface area contributed by atoms with E-state index in [9.17, 15) is 29.2 Å². The van der Waals surface area contributed by atoms with Crippen molar-refractivity contribution in [1.29, 1.82) is 5.26 Å². The summed E-state index contributed by atoms with van der Waals surface area (Å²) < 4.78 is 6.28. The summed E-state index contributed by atoms with van der Waals surface area (Å²) in [7, 11) is 0. The molecule has 6 saturated heterocycles. The molecule has 316 valence electrons. The summed E-state index contributed by atoms with van der Waals surface area (Å²) in [5.41, 5.74) is 4.26. The molecule has 14 heteroatoms. The molecule has 10 rings (SSSR count). The second-order valence-corrected chi connectivity index (χ2v) is 18.8. The van der Waals surface area contributed by atoms with Gasteiger partial charge in [-0.25, -0.2) is 0 Å².